The molecule has 21 heavy (non-hydrogen) atoms. The van der Waals surface area contributed by atoms with E-state index in [-0.39, 0.29) is 19.5 Å². The molecule has 0 aliphatic heterocycles. The fourth-order valence-electron chi connectivity index (χ4n) is 0.321. The van der Waals surface area contributed by atoms with Gasteiger partial charge in [0.15, 0.2) is 0 Å². The van der Waals surface area contributed by atoms with Crippen LogP contribution in [0.1, 0.15) is 13.8 Å². The van der Waals surface area contributed by atoms with Crippen molar-refractivity contribution in [2.75, 3.05) is 0 Å². The fraction of sp³-hybridized carbons (Fsp3) is 0.200. The second kappa shape index (κ2) is 14.3. The molecular formula is C10H11F6N2OPRu. The molecule has 122 valence electrons. The van der Waals surface area contributed by atoms with Crippen LogP contribution in [0.2, 0.25) is 0 Å². The van der Waals surface area contributed by atoms with Crippen molar-refractivity contribution in [3.8, 4) is 12.1 Å². The molecule has 3 nitrogen and oxygen atoms in total. The molecule has 0 bridgehead atoms. The molecule has 1 rings (SSSR count). The second-order valence-corrected chi connectivity index (χ2v) is 4.28. The van der Waals surface area contributed by atoms with Crippen molar-refractivity contribution in [3.05, 3.63) is 38.8 Å². The zero-order valence-electron chi connectivity index (χ0n) is 10.8. The molecule has 6 radical (unpaired) electrons. The molecule has 0 amide bonds. The maximum absolute atomic E-state index is 10.7. The van der Waals surface area contributed by atoms with Crippen LogP contribution in [-0.4, -0.2) is 0 Å². The molecule has 1 aliphatic carbocycles. The Kier molecular flexibility index (Phi) is 22.0. The Bertz CT molecular complexity index is 295. The second-order valence-electron chi connectivity index (χ2n) is 2.37. The Morgan fingerprint density at radius 3 is 0.857 bits per heavy atom. The van der Waals surface area contributed by atoms with Gasteiger partial charge in [-0.1, -0.05) is 0 Å². The average Bonchev–Trinajstić information content (AvgIpc) is 2.75. The van der Waals surface area contributed by atoms with Crippen molar-refractivity contribution in [1.82, 2.24) is 0 Å². The molecule has 0 unspecified atom stereocenters. The van der Waals surface area contributed by atoms with E-state index in [0.717, 1.165) is 0 Å². The van der Waals surface area contributed by atoms with Crippen molar-refractivity contribution >= 4 is 7.81 Å². The van der Waals surface area contributed by atoms with E-state index in [9.17, 15) is 25.2 Å². The summed E-state index contributed by atoms with van der Waals surface area (Å²) in [5.74, 6) is 0. The molecule has 1 fully saturated rings. The summed E-state index contributed by atoms with van der Waals surface area (Å²) in [7, 11) is -10.7. The van der Waals surface area contributed by atoms with Crippen molar-refractivity contribution in [2.24, 2.45) is 0 Å². The van der Waals surface area contributed by atoms with E-state index in [0.29, 0.717) is 0 Å². The van der Waals surface area contributed by atoms with Gasteiger partial charge < -0.3 is 0 Å². The molecule has 11 heteroatoms. The number of hydrogen-bond donors (Lipinski definition) is 0. The van der Waals surface area contributed by atoms with Crippen LogP contribution in [-0.2, 0) is 24.1 Å². The zero-order chi connectivity index (χ0) is 17.4. The third-order valence-corrected chi connectivity index (χ3v) is 0.556. The standard InChI is InChI=1S/C5H5.2C2H3N.CO.F6P.Ru/c1-2-4-5-3-1;2*1-2-3;1-2;1-7(2,3,4,5)6;/h1-5H;2*1H3;;;/q;;;;-1;+1. The van der Waals surface area contributed by atoms with Crippen LogP contribution < -0.4 is 0 Å². The van der Waals surface area contributed by atoms with E-state index in [2.05, 4.69) is 6.65 Å². The zero-order valence-corrected chi connectivity index (χ0v) is 13.4. The van der Waals surface area contributed by atoms with E-state index >= 15 is 0 Å². The largest absolute Gasteiger partial charge is 1.00 e. The Labute approximate surface area is 133 Å². The summed E-state index contributed by atoms with van der Waals surface area (Å²) < 4.78 is 66.7. The molecule has 0 N–H and O–H groups in total. The van der Waals surface area contributed by atoms with E-state index < -0.39 is 7.81 Å². The van der Waals surface area contributed by atoms with E-state index in [1.807, 2.05) is 32.1 Å². The van der Waals surface area contributed by atoms with Gasteiger partial charge in [-0.15, -0.1) is 0 Å². The molecule has 0 spiro atoms. The molecule has 0 atom stereocenters. The minimum absolute atomic E-state index is 0. The van der Waals surface area contributed by atoms with Gasteiger partial charge in [0.25, 0.3) is 0 Å². The van der Waals surface area contributed by atoms with Crippen molar-refractivity contribution in [3.63, 3.8) is 0 Å². The molecule has 1 saturated carbocycles. The van der Waals surface area contributed by atoms with E-state index in [1.54, 1.807) is 12.1 Å². The van der Waals surface area contributed by atoms with Crippen LogP contribution in [0.25, 0.3) is 0 Å². The van der Waals surface area contributed by atoms with Crippen LogP contribution >= 0.6 is 7.81 Å². The Balaban J connectivity index is -0.0000000542. The summed E-state index contributed by atoms with van der Waals surface area (Å²) in [6, 6.07) is 3.50. The summed E-state index contributed by atoms with van der Waals surface area (Å²) in [5, 5.41) is 14.6. The Morgan fingerprint density at radius 1 is 0.762 bits per heavy atom. The summed E-state index contributed by atoms with van der Waals surface area (Å²) in [5.41, 5.74) is 0. The van der Waals surface area contributed by atoms with Gasteiger partial charge in [-0.05, 0) is 32.1 Å². The van der Waals surface area contributed by atoms with Crippen molar-refractivity contribution in [2.45, 2.75) is 13.8 Å². The van der Waals surface area contributed by atoms with E-state index in [4.69, 9.17) is 15.2 Å². The third-order valence-electron chi connectivity index (χ3n) is 0.556. The van der Waals surface area contributed by atoms with Gasteiger partial charge in [-0.2, -0.15) is 10.5 Å². The number of hydrogen-bond acceptors (Lipinski definition) is 2. The van der Waals surface area contributed by atoms with Gasteiger partial charge in [0, 0.05) is 13.8 Å². The normalized spacial score (nSPS) is 14.3. The molecule has 0 aromatic rings. The molecule has 0 aromatic heterocycles. The quantitative estimate of drug-likeness (QED) is 0.172. The maximum atomic E-state index is 9.87. The predicted molar refractivity (Wildman–Crippen MR) is 61.6 cm³/mol. The molecular weight excluding hydrogens is 410 g/mol. The Morgan fingerprint density at radius 2 is 0.810 bits per heavy atom. The number of nitriles is 2. The third kappa shape index (κ3) is 308. The molecule has 1 aliphatic rings. The van der Waals surface area contributed by atoms with Crippen LogP contribution in [0.3, 0.4) is 0 Å². The van der Waals surface area contributed by atoms with Gasteiger partial charge in [0.2, 0.25) is 0 Å². The number of rotatable bonds is 0. The summed E-state index contributed by atoms with van der Waals surface area (Å²) in [6.07, 6.45) is 10.0. The van der Waals surface area contributed by atoms with Gasteiger partial charge in [-0.25, -0.2) is 0 Å². The van der Waals surface area contributed by atoms with Gasteiger partial charge in [0.05, 0.1) is 12.1 Å². The molecule has 0 aromatic carbocycles. The SMILES string of the molecule is CC#N.CC#N.F[P-](F)(F)(F)(F)F.[C-]#[O+].[CH]1[CH][CH][CH][CH]1.[Ru+]. The molecule has 0 saturated heterocycles. The van der Waals surface area contributed by atoms with Crippen LogP contribution in [0.5, 0.6) is 0 Å². The van der Waals surface area contributed by atoms with Crippen molar-refractivity contribution in [1.29, 1.82) is 10.5 Å². The first kappa shape index (κ1) is 32.3. The Hall–Kier alpha value is -0.647. The first-order valence-electron chi connectivity index (χ1n) is 4.33. The fourth-order valence-corrected chi connectivity index (χ4v) is 0.321. The van der Waals surface area contributed by atoms with Crippen molar-refractivity contribution < 1.29 is 49.3 Å². The predicted octanol–water partition coefficient (Wildman–Crippen LogP) is 5.42. The van der Waals surface area contributed by atoms with Gasteiger partial charge >= 0.3 is 63.8 Å². The van der Waals surface area contributed by atoms with Crippen LogP contribution in [0.4, 0.5) is 25.2 Å². The maximum Gasteiger partial charge on any atom is 1.00 e. The smallest absolute Gasteiger partial charge is 0.0312 e. The number of halogens is 6. The number of nitrogens with zero attached hydrogens (tertiary/aromatic N) is 2. The topological polar surface area (TPSA) is 67.5 Å². The van der Waals surface area contributed by atoms with Gasteiger partial charge in [-0.3, -0.25) is 0 Å². The monoisotopic (exact) mass is 422 g/mol. The average molecular weight is 421 g/mol. The minimum atomic E-state index is -10.7. The summed E-state index contributed by atoms with van der Waals surface area (Å²) >= 11 is 0. The molecule has 0 heterocycles. The summed E-state index contributed by atoms with van der Waals surface area (Å²) in [4.78, 5) is 0. The minimum Gasteiger partial charge on any atom is -0.0312 e. The first-order valence-corrected chi connectivity index (χ1v) is 6.36. The van der Waals surface area contributed by atoms with Gasteiger partial charge in [0.1, 0.15) is 0 Å². The van der Waals surface area contributed by atoms with Crippen LogP contribution in [0.15, 0.2) is 0 Å². The van der Waals surface area contributed by atoms with E-state index in [1.165, 1.54) is 13.8 Å². The summed E-state index contributed by atoms with van der Waals surface area (Å²) in [6.45, 7) is 7.36. The first-order chi connectivity index (χ1) is 8.78. The van der Waals surface area contributed by atoms with Crippen LogP contribution in [0, 0.1) is 61.4 Å².